The second-order valence-electron chi connectivity index (χ2n) is 5.64. The lowest BCUT2D eigenvalue weighted by atomic mass is 10.1. The number of hydrogen-bond donors (Lipinski definition) is 2. The molecule has 0 saturated heterocycles. The molecule has 0 saturated carbocycles. The van der Waals surface area contributed by atoms with E-state index in [1.807, 2.05) is 0 Å². The predicted molar refractivity (Wildman–Crippen MR) is 92.9 cm³/mol. The van der Waals surface area contributed by atoms with Gasteiger partial charge in [0, 0.05) is 18.4 Å². The molecule has 0 aliphatic carbocycles. The van der Waals surface area contributed by atoms with Crippen molar-refractivity contribution in [2.24, 2.45) is 0 Å². The van der Waals surface area contributed by atoms with E-state index in [0.717, 1.165) is 26.1 Å². The standard InChI is InChI=1S/C18H24N2O4/c1-4-20(5-2)11-7-10-19-17(21)14-12-13-8-6-9-15(23-3)16(13)24-18(14)22/h6,8-9,12H,4-5,7,10-11H2,1-3H3,(H,19,21)/p+1. The summed E-state index contributed by atoms with van der Waals surface area (Å²) >= 11 is 0. The first-order valence-electron chi connectivity index (χ1n) is 8.33. The highest BCUT2D eigenvalue weighted by Gasteiger charge is 2.15. The van der Waals surface area contributed by atoms with Gasteiger partial charge in [0.25, 0.3) is 5.91 Å². The van der Waals surface area contributed by atoms with Gasteiger partial charge in [-0.1, -0.05) is 12.1 Å². The zero-order valence-electron chi connectivity index (χ0n) is 14.5. The summed E-state index contributed by atoms with van der Waals surface area (Å²) in [5, 5.41) is 3.45. The molecule has 0 aliphatic rings. The van der Waals surface area contributed by atoms with Crippen molar-refractivity contribution >= 4 is 16.9 Å². The molecular formula is C18H25N2O4+. The van der Waals surface area contributed by atoms with Gasteiger partial charge in [-0.15, -0.1) is 0 Å². The minimum Gasteiger partial charge on any atom is -0.493 e. The Balaban J connectivity index is 2.07. The quantitative estimate of drug-likeness (QED) is 0.555. The van der Waals surface area contributed by atoms with Crippen LogP contribution in [0.3, 0.4) is 0 Å². The van der Waals surface area contributed by atoms with Crippen LogP contribution in [0.15, 0.2) is 33.5 Å². The van der Waals surface area contributed by atoms with Gasteiger partial charge in [-0.05, 0) is 26.0 Å². The number of hydrogen-bond acceptors (Lipinski definition) is 4. The van der Waals surface area contributed by atoms with Crippen LogP contribution in [-0.4, -0.2) is 39.2 Å². The van der Waals surface area contributed by atoms with E-state index in [-0.39, 0.29) is 5.56 Å². The van der Waals surface area contributed by atoms with Crippen LogP contribution < -0.4 is 20.6 Å². The van der Waals surface area contributed by atoms with Crippen molar-refractivity contribution in [3.8, 4) is 5.75 Å². The molecule has 24 heavy (non-hydrogen) atoms. The molecule has 2 rings (SSSR count). The van der Waals surface area contributed by atoms with Crippen LogP contribution >= 0.6 is 0 Å². The van der Waals surface area contributed by atoms with E-state index in [2.05, 4.69) is 19.2 Å². The molecule has 6 nitrogen and oxygen atoms in total. The van der Waals surface area contributed by atoms with Crippen LogP contribution in [0, 0.1) is 0 Å². The number of nitrogens with one attached hydrogen (secondary N) is 2. The van der Waals surface area contributed by atoms with E-state index in [9.17, 15) is 9.59 Å². The molecule has 2 N–H and O–H groups in total. The number of carbonyl (C=O) groups is 1. The lowest BCUT2D eigenvalue weighted by molar-refractivity contribution is -0.896. The van der Waals surface area contributed by atoms with Gasteiger partial charge in [-0.25, -0.2) is 4.79 Å². The Bertz CT molecular complexity index is 750. The number of benzene rings is 1. The lowest BCUT2D eigenvalue weighted by Gasteiger charge is -2.15. The Kier molecular flexibility index (Phi) is 6.37. The fraction of sp³-hybridized carbons (Fsp3) is 0.444. The Morgan fingerprint density at radius 1 is 1.29 bits per heavy atom. The van der Waals surface area contributed by atoms with Crippen molar-refractivity contribution < 1.29 is 18.8 Å². The topological polar surface area (TPSA) is 73.0 Å². The number of rotatable bonds is 8. The van der Waals surface area contributed by atoms with E-state index in [1.54, 1.807) is 24.3 Å². The van der Waals surface area contributed by atoms with Gasteiger partial charge in [0.15, 0.2) is 11.3 Å². The predicted octanol–water partition coefficient (Wildman–Crippen LogP) is 0.846. The first-order chi connectivity index (χ1) is 11.6. The van der Waals surface area contributed by atoms with Crippen molar-refractivity contribution in [1.82, 2.24) is 5.32 Å². The summed E-state index contributed by atoms with van der Waals surface area (Å²) in [4.78, 5) is 25.8. The molecule has 0 unspecified atom stereocenters. The molecule has 0 aliphatic heterocycles. The fourth-order valence-electron chi connectivity index (χ4n) is 2.68. The van der Waals surface area contributed by atoms with Crippen LogP contribution in [0.1, 0.15) is 30.6 Å². The minimum absolute atomic E-state index is 0.0194. The summed E-state index contributed by atoms with van der Waals surface area (Å²) in [6, 6.07) is 6.83. The normalized spacial score (nSPS) is 11.0. The number of quaternary nitrogens is 1. The number of ether oxygens (including phenoxy) is 1. The highest BCUT2D eigenvalue weighted by molar-refractivity contribution is 5.97. The molecule has 0 radical (unpaired) electrons. The molecule has 2 aromatic rings. The van der Waals surface area contributed by atoms with Crippen molar-refractivity contribution in [2.45, 2.75) is 20.3 Å². The first-order valence-corrected chi connectivity index (χ1v) is 8.33. The summed E-state index contributed by atoms with van der Waals surface area (Å²) in [7, 11) is 1.51. The van der Waals surface area contributed by atoms with Gasteiger partial charge < -0.3 is 19.4 Å². The van der Waals surface area contributed by atoms with Gasteiger partial charge in [-0.3, -0.25) is 4.79 Å². The average molecular weight is 333 g/mol. The Morgan fingerprint density at radius 2 is 2.04 bits per heavy atom. The molecule has 6 heteroatoms. The van der Waals surface area contributed by atoms with Crippen LogP contribution in [0.2, 0.25) is 0 Å². The number of amides is 1. The number of fused-ring (bicyclic) bond motifs is 1. The second-order valence-corrected chi connectivity index (χ2v) is 5.64. The third-order valence-corrected chi connectivity index (χ3v) is 4.18. The van der Waals surface area contributed by atoms with Crippen LogP contribution in [-0.2, 0) is 0 Å². The van der Waals surface area contributed by atoms with E-state index < -0.39 is 11.5 Å². The number of para-hydroxylation sites is 1. The highest BCUT2D eigenvalue weighted by Crippen LogP contribution is 2.24. The van der Waals surface area contributed by atoms with Crippen LogP contribution in [0.4, 0.5) is 0 Å². The molecule has 130 valence electrons. The smallest absolute Gasteiger partial charge is 0.349 e. The van der Waals surface area contributed by atoms with Gasteiger partial charge in [0.1, 0.15) is 5.56 Å². The van der Waals surface area contributed by atoms with Gasteiger partial charge in [-0.2, -0.15) is 0 Å². The third-order valence-electron chi connectivity index (χ3n) is 4.18. The highest BCUT2D eigenvalue weighted by atomic mass is 16.5. The van der Waals surface area contributed by atoms with Crippen LogP contribution in [0.25, 0.3) is 11.0 Å². The Hall–Kier alpha value is -2.34. The summed E-state index contributed by atoms with van der Waals surface area (Å²) in [5.74, 6) is 0.0711. The van der Waals surface area contributed by atoms with Gasteiger partial charge >= 0.3 is 5.63 Å². The van der Waals surface area contributed by atoms with E-state index >= 15 is 0 Å². The molecular weight excluding hydrogens is 308 g/mol. The maximum absolute atomic E-state index is 12.2. The molecule has 1 aromatic heterocycles. The van der Waals surface area contributed by atoms with E-state index in [4.69, 9.17) is 9.15 Å². The molecule has 1 heterocycles. The summed E-state index contributed by atoms with van der Waals surface area (Å²) < 4.78 is 10.4. The van der Waals surface area contributed by atoms with Crippen molar-refractivity contribution in [2.75, 3.05) is 33.3 Å². The number of methoxy groups -OCH3 is 1. The van der Waals surface area contributed by atoms with Crippen molar-refractivity contribution in [3.05, 3.63) is 40.2 Å². The number of carbonyl (C=O) groups excluding carboxylic acids is 1. The zero-order valence-corrected chi connectivity index (χ0v) is 14.5. The van der Waals surface area contributed by atoms with Gasteiger partial charge in [0.05, 0.1) is 26.7 Å². The summed E-state index contributed by atoms with van der Waals surface area (Å²) in [5.41, 5.74) is -0.281. The maximum atomic E-state index is 12.2. The molecule has 0 bridgehead atoms. The largest absolute Gasteiger partial charge is 0.493 e. The third kappa shape index (κ3) is 4.14. The average Bonchev–Trinajstić information content (AvgIpc) is 2.60. The summed E-state index contributed by atoms with van der Waals surface area (Å²) in [6.45, 7) is 7.97. The SMILES string of the molecule is CC[NH+](CC)CCCNC(=O)c1cc2cccc(OC)c2oc1=O. The zero-order chi connectivity index (χ0) is 17.5. The van der Waals surface area contributed by atoms with Gasteiger partial charge in [0.2, 0.25) is 0 Å². The van der Waals surface area contributed by atoms with E-state index in [1.165, 1.54) is 12.0 Å². The fourth-order valence-corrected chi connectivity index (χ4v) is 2.68. The Morgan fingerprint density at radius 3 is 2.71 bits per heavy atom. The Labute approximate surface area is 141 Å². The first kappa shape index (κ1) is 18.0. The maximum Gasteiger partial charge on any atom is 0.349 e. The van der Waals surface area contributed by atoms with Crippen LogP contribution in [0.5, 0.6) is 5.75 Å². The van der Waals surface area contributed by atoms with Crippen molar-refractivity contribution in [1.29, 1.82) is 0 Å². The molecule has 0 fully saturated rings. The monoisotopic (exact) mass is 333 g/mol. The minimum atomic E-state index is -0.654. The lowest BCUT2D eigenvalue weighted by Crippen LogP contribution is -3.11. The molecule has 0 atom stereocenters. The summed E-state index contributed by atoms with van der Waals surface area (Å²) in [6.07, 6.45) is 0.871. The molecule has 1 amide bonds. The second kappa shape index (κ2) is 8.49. The van der Waals surface area contributed by atoms with Crippen molar-refractivity contribution in [3.63, 3.8) is 0 Å². The molecule has 1 aromatic carbocycles. The molecule has 0 spiro atoms. The van der Waals surface area contributed by atoms with E-state index in [0.29, 0.717) is 23.3 Å².